The number of nitrogens with one attached hydrogen (secondary N) is 1. The largest absolute Gasteiger partial charge is 0.494 e. The highest BCUT2D eigenvalue weighted by molar-refractivity contribution is 7.99. The van der Waals surface area contributed by atoms with Crippen molar-refractivity contribution >= 4 is 11.8 Å². The Balaban J connectivity index is 2.55. The van der Waals surface area contributed by atoms with Gasteiger partial charge in [-0.1, -0.05) is 26.0 Å². The molecule has 0 bridgehead atoms. The number of aliphatic hydroxyl groups excluding tert-OH is 1. The molecule has 2 unspecified atom stereocenters. The minimum Gasteiger partial charge on any atom is -0.494 e. The first-order valence-electron chi connectivity index (χ1n) is 7.35. The lowest BCUT2D eigenvalue weighted by Crippen LogP contribution is -2.23. The van der Waals surface area contributed by atoms with Crippen LogP contribution in [0.3, 0.4) is 0 Å². The van der Waals surface area contributed by atoms with Crippen LogP contribution in [-0.2, 0) is 0 Å². The summed E-state index contributed by atoms with van der Waals surface area (Å²) in [5.41, 5.74) is 1.29. The van der Waals surface area contributed by atoms with Gasteiger partial charge in [-0.05, 0) is 42.8 Å². The van der Waals surface area contributed by atoms with E-state index in [-0.39, 0.29) is 6.61 Å². The van der Waals surface area contributed by atoms with E-state index in [0.717, 1.165) is 23.8 Å². The average molecular weight is 297 g/mol. The average Bonchev–Trinajstić information content (AvgIpc) is 2.47. The lowest BCUT2D eigenvalue weighted by molar-refractivity contribution is 0.250. The molecule has 114 valence electrons. The molecular weight excluding hydrogens is 270 g/mol. The third-order valence-corrected chi connectivity index (χ3v) is 4.42. The molecule has 0 heterocycles. The van der Waals surface area contributed by atoms with Crippen molar-refractivity contribution in [2.45, 2.75) is 26.8 Å². The van der Waals surface area contributed by atoms with Gasteiger partial charge in [0.05, 0.1) is 6.61 Å². The Hall–Kier alpha value is -0.710. The molecule has 3 nitrogen and oxygen atoms in total. The second-order valence-corrected chi connectivity index (χ2v) is 6.01. The fraction of sp³-hybridized carbons (Fsp3) is 0.625. The van der Waals surface area contributed by atoms with Gasteiger partial charge in [0.1, 0.15) is 5.75 Å². The molecule has 4 heteroatoms. The molecule has 0 spiro atoms. The zero-order chi connectivity index (χ0) is 14.8. The van der Waals surface area contributed by atoms with E-state index in [4.69, 9.17) is 9.84 Å². The minimum absolute atomic E-state index is 0.266. The van der Waals surface area contributed by atoms with E-state index in [2.05, 4.69) is 31.3 Å². The van der Waals surface area contributed by atoms with Gasteiger partial charge in [-0.15, -0.1) is 0 Å². The first kappa shape index (κ1) is 17.3. The Morgan fingerprint density at radius 2 is 1.90 bits per heavy atom. The minimum atomic E-state index is 0.266. The Bertz CT molecular complexity index is 356. The van der Waals surface area contributed by atoms with E-state index in [9.17, 15) is 0 Å². The van der Waals surface area contributed by atoms with Gasteiger partial charge in [0.15, 0.2) is 0 Å². The van der Waals surface area contributed by atoms with Gasteiger partial charge in [-0.25, -0.2) is 0 Å². The maximum absolute atomic E-state index is 9.06. The van der Waals surface area contributed by atoms with Crippen LogP contribution in [0, 0.1) is 5.92 Å². The predicted molar refractivity (Wildman–Crippen MR) is 87.6 cm³/mol. The number of rotatable bonds is 10. The van der Waals surface area contributed by atoms with Crippen LogP contribution in [0.15, 0.2) is 24.3 Å². The van der Waals surface area contributed by atoms with Gasteiger partial charge in [0, 0.05) is 18.4 Å². The second-order valence-electron chi connectivity index (χ2n) is 4.94. The fourth-order valence-electron chi connectivity index (χ4n) is 1.92. The first-order chi connectivity index (χ1) is 9.71. The molecule has 2 N–H and O–H groups in total. The normalized spacial score (nSPS) is 14.0. The third-order valence-electron chi connectivity index (χ3n) is 3.04. The van der Waals surface area contributed by atoms with Crippen molar-refractivity contribution in [3.05, 3.63) is 29.8 Å². The van der Waals surface area contributed by atoms with Crippen molar-refractivity contribution in [1.82, 2.24) is 5.32 Å². The van der Waals surface area contributed by atoms with Crippen molar-refractivity contribution in [1.29, 1.82) is 0 Å². The van der Waals surface area contributed by atoms with Gasteiger partial charge in [0.25, 0.3) is 0 Å². The molecule has 0 aliphatic carbocycles. The predicted octanol–water partition coefficient (Wildman–Crippen LogP) is 3.10. The van der Waals surface area contributed by atoms with Gasteiger partial charge in [0.2, 0.25) is 0 Å². The SMILES string of the molecule is CCNC(CSCC(C)CO)c1ccc(OCC)cc1. The van der Waals surface area contributed by atoms with E-state index in [1.807, 2.05) is 30.8 Å². The lowest BCUT2D eigenvalue weighted by Gasteiger charge is -2.19. The molecule has 1 aromatic rings. The molecule has 2 atom stereocenters. The van der Waals surface area contributed by atoms with Crippen molar-refractivity contribution in [3.8, 4) is 5.75 Å². The zero-order valence-corrected chi connectivity index (χ0v) is 13.6. The van der Waals surface area contributed by atoms with Crippen LogP contribution >= 0.6 is 11.8 Å². The van der Waals surface area contributed by atoms with E-state index in [1.165, 1.54) is 5.56 Å². The monoisotopic (exact) mass is 297 g/mol. The van der Waals surface area contributed by atoms with Crippen LogP contribution in [0.25, 0.3) is 0 Å². The highest BCUT2D eigenvalue weighted by Gasteiger charge is 2.11. The van der Waals surface area contributed by atoms with Gasteiger partial charge >= 0.3 is 0 Å². The molecule has 0 aromatic heterocycles. The van der Waals surface area contributed by atoms with Crippen molar-refractivity contribution in [2.24, 2.45) is 5.92 Å². The summed E-state index contributed by atoms with van der Waals surface area (Å²) >= 11 is 1.89. The molecule has 0 saturated heterocycles. The molecule has 0 aliphatic heterocycles. The molecule has 0 amide bonds. The summed E-state index contributed by atoms with van der Waals surface area (Å²) < 4.78 is 5.47. The number of hydrogen-bond donors (Lipinski definition) is 2. The number of ether oxygens (including phenoxy) is 1. The molecule has 0 aliphatic rings. The molecule has 0 saturated carbocycles. The van der Waals surface area contributed by atoms with E-state index in [1.54, 1.807) is 0 Å². The van der Waals surface area contributed by atoms with Crippen LogP contribution in [-0.4, -0.2) is 36.4 Å². The van der Waals surface area contributed by atoms with Gasteiger partial charge in [-0.2, -0.15) is 11.8 Å². The van der Waals surface area contributed by atoms with E-state index < -0.39 is 0 Å². The summed E-state index contributed by atoms with van der Waals surface area (Å²) in [5, 5.41) is 12.6. The summed E-state index contributed by atoms with van der Waals surface area (Å²) in [6, 6.07) is 8.68. The highest BCUT2D eigenvalue weighted by atomic mass is 32.2. The van der Waals surface area contributed by atoms with Crippen LogP contribution in [0.1, 0.15) is 32.4 Å². The highest BCUT2D eigenvalue weighted by Crippen LogP contribution is 2.22. The molecule has 1 rings (SSSR count). The summed E-state index contributed by atoms with van der Waals surface area (Å²) in [7, 11) is 0. The second kappa shape index (κ2) is 10.1. The van der Waals surface area contributed by atoms with Crippen molar-refractivity contribution in [3.63, 3.8) is 0 Å². The number of benzene rings is 1. The summed E-state index contributed by atoms with van der Waals surface area (Å²) in [5.74, 6) is 3.30. The Morgan fingerprint density at radius 1 is 1.20 bits per heavy atom. The van der Waals surface area contributed by atoms with Crippen LogP contribution in [0.5, 0.6) is 5.75 Å². The zero-order valence-electron chi connectivity index (χ0n) is 12.8. The smallest absolute Gasteiger partial charge is 0.119 e. The summed E-state index contributed by atoms with van der Waals surface area (Å²) in [4.78, 5) is 0. The Kier molecular flexibility index (Phi) is 8.74. The van der Waals surface area contributed by atoms with Gasteiger partial charge < -0.3 is 15.2 Å². The van der Waals surface area contributed by atoms with E-state index in [0.29, 0.717) is 18.6 Å². The number of thioether (sulfide) groups is 1. The van der Waals surface area contributed by atoms with Crippen molar-refractivity contribution < 1.29 is 9.84 Å². The number of aliphatic hydroxyl groups is 1. The third kappa shape index (κ3) is 6.16. The number of hydrogen-bond acceptors (Lipinski definition) is 4. The van der Waals surface area contributed by atoms with Crippen LogP contribution in [0.2, 0.25) is 0 Å². The summed E-state index contributed by atoms with van der Waals surface area (Å²) in [6.07, 6.45) is 0. The van der Waals surface area contributed by atoms with E-state index >= 15 is 0 Å². The maximum atomic E-state index is 9.06. The molecule has 1 aromatic carbocycles. The molecule has 0 fully saturated rings. The maximum Gasteiger partial charge on any atom is 0.119 e. The molecular formula is C16H27NO2S. The Labute approximate surface area is 127 Å². The molecule has 20 heavy (non-hydrogen) atoms. The summed E-state index contributed by atoms with van der Waals surface area (Å²) in [6.45, 7) is 8.11. The lowest BCUT2D eigenvalue weighted by atomic mass is 10.1. The van der Waals surface area contributed by atoms with Gasteiger partial charge in [-0.3, -0.25) is 0 Å². The Morgan fingerprint density at radius 3 is 2.45 bits per heavy atom. The first-order valence-corrected chi connectivity index (χ1v) is 8.51. The van der Waals surface area contributed by atoms with Crippen LogP contribution in [0.4, 0.5) is 0 Å². The fourth-order valence-corrected chi connectivity index (χ4v) is 3.11. The van der Waals surface area contributed by atoms with Crippen molar-refractivity contribution in [2.75, 3.05) is 31.3 Å². The topological polar surface area (TPSA) is 41.5 Å². The van der Waals surface area contributed by atoms with Crippen LogP contribution < -0.4 is 10.1 Å². The standard InChI is InChI=1S/C16H27NO2S/c1-4-17-16(12-20-11-13(3)10-18)14-6-8-15(9-7-14)19-5-2/h6-9,13,16-18H,4-5,10-12H2,1-3H3. The quantitative estimate of drug-likeness (QED) is 0.696. The molecule has 0 radical (unpaired) electrons.